The number of hydrogen-bond acceptors (Lipinski definition) is 4. The number of H-pyrrole nitrogens is 1. The fourth-order valence-electron chi connectivity index (χ4n) is 1.49. The van der Waals surface area contributed by atoms with Crippen LogP contribution in [0.4, 0.5) is 4.39 Å². The van der Waals surface area contributed by atoms with Gasteiger partial charge in [-0.25, -0.2) is 9.82 Å². The molecule has 4 N–H and O–H groups in total. The van der Waals surface area contributed by atoms with Crippen LogP contribution in [0.3, 0.4) is 0 Å². The number of aryl methyl sites for hydroxylation is 1. The predicted molar refractivity (Wildman–Crippen MR) is 56.7 cm³/mol. The maximum Gasteiger partial charge on any atom is 0.126 e. The van der Waals surface area contributed by atoms with Crippen LogP contribution in [0.2, 0.25) is 0 Å². The molecule has 0 saturated heterocycles. The Balaban J connectivity index is 2.37. The second-order valence-corrected chi connectivity index (χ2v) is 3.50. The third-order valence-corrected chi connectivity index (χ3v) is 2.43. The lowest BCUT2D eigenvalue weighted by atomic mass is 10.0. The third kappa shape index (κ3) is 1.93. The van der Waals surface area contributed by atoms with Crippen molar-refractivity contribution in [3.8, 4) is 0 Å². The number of nitrogens with one attached hydrogen (secondary N) is 2. The fraction of sp³-hybridized carbons (Fsp3) is 0.200. The molecule has 0 fully saturated rings. The summed E-state index contributed by atoms with van der Waals surface area (Å²) in [6, 6.07) is 4.58. The molecule has 1 unspecified atom stereocenters. The number of hydrogen-bond donors (Lipinski definition) is 3. The summed E-state index contributed by atoms with van der Waals surface area (Å²) in [5, 5.41) is 10.1. The number of benzene rings is 1. The Morgan fingerprint density at radius 3 is 2.88 bits per heavy atom. The van der Waals surface area contributed by atoms with E-state index in [-0.39, 0.29) is 11.9 Å². The molecule has 2 aromatic rings. The molecule has 0 bridgehead atoms. The van der Waals surface area contributed by atoms with Gasteiger partial charge < -0.3 is 0 Å². The van der Waals surface area contributed by atoms with E-state index in [1.165, 1.54) is 6.07 Å². The Morgan fingerprint density at radius 2 is 2.31 bits per heavy atom. The van der Waals surface area contributed by atoms with Gasteiger partial charge in [-0.2, -0.15) is 15.4 Å². The summed E-state index contributed by atoms with van der Waals surface area (Å²) < 4.78 is 13.4. The van der Waals surface area contributed by atoms with Crippen LogP contribution in [0.5, 0.6) is 0 Å². The highest BCUT2D eigenvalue weighted by Crippen LogP contribution is 2.20. The first kappa shape index (κ1) is 10.7. The van der Waals surface area contributed by atoms with Crippen molar-refractivity contribution in [3.05, 3.63) is 47.0 Å². The number of aromatic nitrogens is 3. The van der Waals surface area contributed by atoms with E-state index in [0.29, 0.717) is 16.8 Å². The average molecular weight is 221 g/mol. The minimum Gasteiger partial charge on any atom is -0.271 e. The van der Waals surface area contributed by atoms with Gasteiger partial charge in [0.15, 0.2) is 0 Å². The third-order valence-electron chi connectivity index (χ3n) is 2.43. The van der Waals surface area contributed by atoms with Crippen molar-refractivity contribution >= 4 is 0 Å². The SMILES string of the molecule is Cc1ccc(C(NN)c2cn[nH]n2)cc1F. The molecule has 16 heavy (non-hydrogen) atoms. The lowest BCUT2D eigenvalue weighted by Gasteiger charge is -2.13. The summed E-state index contributed by atoms with van der Waals surface area (Å²) in [6.45, 7) is 1.71. The Labute approximate surface area is 91.8 Å². The second-order valence-electron chi connectivity index (χ2n) is 3.50. The highest BCUT2D eigenvalue weighted by molar-refractivity contribution is 5.30. The molecule has 0 spiro atoms. The molecule has 0 amide bonds. The molecular weight excluding hydrogens is 209 g/mol. The fourth-order valence-corrected chi connectivity index (χ4v) is 1.49. The Kier molecular flexibility index (Phi) is 2.93. The van der Waals surface area contributed by atoms with Crippen LogP contribution in [0.1, 0.15) is 22.9 Å². The van der Waals surface area contributed by atoms with Crippen molar-refractivity contribution in [3.63, 3.8) is 0 Å². The topological polar surface area (TPSA) is 79.6 Å². The number of nitrogens with zero attached hydrogens (tertiary/aromatic N) is 2. The van der Waals surface area contributed by atoms with Gasteiger partial charge in [-0.05, 0) is 24.1 Å². The zero-order valence-electron chi connectivity index (χ0n) is 8.74. The van der Waals surface area contributed by atoms with Crippen LogP contribution < -0.4 is 11.3 Å². The zero-order chi connectivity index (χ0) is 11.5. The Morgan fingerprint density at radius 1 is 1.50 bits per heavy atom. The summed E-state index contributed by atoms with van der Waals surface area (Å²) in [4.78, 5) is 0. The first-order chi connectivity index (χ1) is 7.72. The van der Waals surface area contributed by atoms with Crippen LogP contribution in [0.25, 0.3) is 0 Å². The predicted octanol–water partition coefficient (Wildman–Crippen LogP) is 0.805. The number of hydrazine groups is 1. The van der Waals surface area contributed by atoms with Gasteiger partial charge in [-0.3, -0.25) is 5.84 Å². The monoisotopic (exact) mass is 221 g/mol. The number of halogens is 1. The second kappa shape index (κ2) is 4.38. The molecule has 0 aliphatic rings. The van der Waals surface area contributed by atoms with Crippen LogP contribution in [-0.2, 0) is 0 Å². The van der Waals surface area contributed by atoms with E-state index in [0.717, 1.165) is 0 Å². The van der Waals surface area contributed by atoms with Gasteiger partial charge in [-0.1, -0.05) is 12.1 Å². The largest absolute Gasteiger partial charge is 0.271 e. The standard InChI is InChI=1S/C10H12FN5/c1-6-2-3-7(4-8(6)11)10(14-12)9-5-13-16-15-9/h2-5,10,14H,12H2,1H3,(H,13,15,16). The number of aromatic amines is 1. The Bertz CT molecular complexity index is 468. The maximum absolute atomic E-state index is 13.4. The van der Waals surface area contributed by atoms with Gasteiger partial charge in [0.2, 0.25) is 0 Å². The van der Waals surface area contributed by atoms with Crippen molar-refractivity contribution in [2.45, 2.75) is 13.0 Å². The van der Waals surface area contributed by atoms with Gasteiger partial charge in [0.25, 0.3) is 0 Å². The van der Waals surface area contributed by atoms with E-state index in [9.17, 15) is 4.39 Å². The van der Waals surface area contributed by atoms with Gasteiger partial charge in [0.05, 0.1) is 12.2 Å². The number of nitrogens with two attached hydrogens (primary N) is 1. The van der Waals surface area contributed by atoms with Crippen molar-refractivity contribution in [1.82, 2.24) is 20.8 Å². The summed E-state index contributed by atoms with van der Waals surface area (Å²) in [6.07, 6.45) is 1.54. The minimum atomic E-state index is -0.367. The molecule has 0 aliphatic heterocycles. The van der Waals surface area contributed by atoms with Crippen LogP contribution in [0, 0.1) is 12.7 Å². The van der Waals surface area contributed by atoms with Crippen molar-refractivity contribution in [1.29, 1.82) is 0 Å². The summed E-state index contributed by atoms with van der Waals surface area (Å²) in [5.41, 5.74) is 4.50. The Hall–Kier alpha value is -1.79. The van der Waals surface area contributed by atoms with E-state index in [2.05, 4.69) is 20.8 Å². The smallest absolute Gasteiger partial charge is 0.126 e. The normalized spacial score (nSPS) is 12.7. The molecule has 0 radical (unpaired) electrons. The van der Waals surface area contributed by atoms with E-state index in [4.69, 9.17) is 5.84 Å². The lowest BCUT2D eigenvalue weighted by Crippen LogP contribution is -2.29. The minimum absolute atomic E-state index is 0.263. The van der Waals surface area contributed by atoms with Crippen LogP contribution in [-0.4, -0.2) is 15.4 Å². The van der Waals surface area contributed by atoms with Crippen molar-refractivity contribution < 1.29 is 4.39 Å². The van der Waals surface area contributed by atoms with Crippen molar-refractivity contribution in [2.24, 2.45) is 5.84 Å². The first-order valence-corrected chi connectivity index (χ1v) is 4.80. The van der Waals surface area contributed by atoms with Gasteiger partial charge in [0, 0.05) is 0 Å². The van der Waals surface area contributed by atoms with Crippen LogP contribution in [0.15, 0.2) is 24.4 Å². The first-order valence-electron chi connectivity index (χ1n) is 4.80. The van der Waals surface area contributed by atoms with Crippen molar-refractivity contribution in [2.75, 3.05) is 0 Å². The quantitative estimate of drug-likeness (QED) is 0.529. The van der Waals surface area contributed by atoms with E-state index in [1.807, 2.05) is 0 Å². The summed E-state index contributed by atoms with van der Waals surface area (Å²) >= 11 is 0. The highest BCUT2D eigenvalue weighted by Gasteiger charge is 2.15. The molecule has 1 atom stereocenters. The molecule has 0 saturated carbocycles. The molecule has 1 aromatic heterocycles. The molecule has 6 heteroatoms. The molecule has 1 aromatic carbocycles. The van der Waals surface area contributed by atoms with Gasteiger partial charge in [-0.15, -0.1) is 0 Å². The molecule has 84 valence electrons. The summed E-state index contributed by atoms with van der Waals surface area (Å²) in [5.74, 6) is 5.17. The summed E-state index contributed by atoms with van der Waals surface area (Å²) in [7, 11) is 0. The molecule has 2 rings (SSSR count). The molecule has 0 aliphatic carbocycles. The van der Waals surface area contributed by atoms with Crippen LogP contribution >= 0.6 is 0 Å². The zero-order valence-corrected chi connectivity index (χ0v) is 8.74. The van der Waals surface area contributed by atoms with E-state index >= 15 is 0 Å². The lowest BCUT2D eigenvalue weighted by molar-refractivity contribution is 0.592. The van der Waals surface area contributed by atoms with Gasteiger partial charge >= 0.3 is 0 Å². The van der Waals surface area contributed by atoms with Gasteiger partial charge in [0.1, 0.15) is 11.5 Å². The van der Waals surface area contributed by atoms with E-state index < -0.39 is 0 Å². The molecule has 5 nitrogen and oxygen atoms in total. The molecular formula is C10H12FN5. The maximum atomic E-state index is 13.4. The van der Waals surface area contributed by atoms with E-state index in [1.54, 1.807) is 25.3 Å². The highest BCUT2D eigenvalue weighted by atomic mass is 19.1. The number of rotatable bonds is 3. The molecule has 1 heterocycles. The average Bonchev–Trinajstić information content (AvgIpc) is 2.78.